The summed E-state index contributed by atoms with van der Waals surface area (Å²) < 4.78 is 89.9. The first-order chi connectivity index (χ1) is 40.0. The first kappa shape index (κ1) is 82.7. The molecule has 484 valence electrons. The second-order valence-electron chi connectivity index (χ2n) is 14.5. The maximum atomic E-state index is 8.54. The third kappa shape index (κ3) is 62.5. The Morgan fingerprint density at radius 1 is 0.229 bits per heavy atom. The van der Waals surface area contributed by atoms with Crippen LogP contribution in [-0.4, -0.2) is 303 Å². The molecule has 0 radical (unpaired) electrons. The van der Waals surface area contributed by atoms with Crippen LogP contribution in [-0.2, 0) is 71.1 Å². The lowest BCUT2D eigenvalue weighted by atomic mass is 10.6. The third-order valence-corrected chi connectivity index (χ3v) is 9.15. The predicted molar refractivity (Wildman–Crippen MR) is 303 cm³/mol. The van der Waals surface area contributed by atoms with E-state index in [-0.39, 0.29) is 84.2 Å². The third-order valence-electron chi connectivity index (χ3n) is 8.14. The lowest BCUT2D eigenvalue weighted by Crippen LogP contribution is -2.15. The van der Waals surface area contributed by atoms with Crippen molar-refractivity contribution in [2.24, 2.45) is 0 Å². The molecule has 0 saturated carbocycles. The summed E-state index contributed by atoms with van der Waals surface area (Å²) in [4.78, 5) is 33.3. The summed E-state index contributed by atoms with van der Waals surface area (Å²) in [5.41, 5.74) is 0. The minimum Gasteiger partial charge on any atom is -0.461 e. The van der Waals surface area contributed by atoms with Crippen LogP contribution in [0.15, 0.2) is 0 Å². The van der Waals surface area contributed by atoms with Crippen molar-refractivity contribution in [2.45, 2.75) is 14.4 Å². The van der Waals surface area contributed by atoms with Gasteiger partial charge in [-0.25, -0.2) is 4.98 Å². The van der Waals surface area contributed by atoms with Gasteiger partial charge in [0.2, 0.25) is 31.7 Å². The molecule has 0 spiro atoms. The van der Waals surface area contributed by atoms with E-state index in [2.05, 4.69) is 49.6 Å². The summed E-state index contributed by atoms with van der Waals surface area (Å²) in [5, 5.41) is 33.3. The van der Waals surface area contributed by atoms with Crippen LogP contribution in [0.5, 0.6) is 12.0 Å². The monoisotopic (exact) mass is 1320 g/mol. The van der Waals surface area contributed by atoms with E-state index in [9.17, 15) is 0 Å². The summed E-state index contributed by atoms with van der Waals surface area (Å²) in [7, 11) is 0. The molecule has 3 aromatic heterocycles. The Balaban J connectivity index is 0. The largest absolute Gasteiger partial charge is 0.461 e. The number of hydrogen-bond acceptors (Lipinski definition) is 30. The van der Waals surface area contributed by atoms with Gasteiger partial charge in [0.25, 0.3) is 0 Å². The molecule has 0 aromatic carbocycles. The molecule has 30 nitrogen and oxygen atoms in total. The first-order valence-corrected chi connectivity index (χ1v) is 27.8. The predicted octanol–water partition coefficient (Wildman–Crippen LogP) is 2.44. The van der Waals surface area contributed by atoms with Gasteiger partial charge < -0.3 is 101 Å². The van der Waals surface area contributed by atoms with Crippen molar-refractivity contribution in [3.05, 3.63) is 37.5 Å². The molecule has 36 heteroatoms. The molecular formula is C47H83Cl6N9O21. The Morgan fingerprint density at radius 2 is 0.386 bits per heavy atom. The summed E-state index contributed by atoms with van der Waals surface area (Å²) in [6.45, 7) is 16.0. The number of rotatable bonds is 52. The van der Waals surface area contributed by atoms with Gasteiger partial charge in [0.15, 0.2) is 0 Å². The Bertz CT molecular complexity index is 1670. The fourth-order valence-electron chi connectivity index (χ4n) is 4.75. The van der Waals surface area contributed by atoms with Crippen molar-refractivity contribution in [1.82, 2.24) is 44.9 Å². The van der Waals surface area contributed by atoms with Gasteiger partial charge in [0.1, 0.15) is 19.0 Å². The van der Waals surface area contributed by atoms with E-state index in [1.807, 2.05) is 0 Å². The molecule has 0 aliphatic heterocycles. The van der Waals surface area contributed by atoms with Crippen LogP contribution in [0.25, 0.3) is 0 Å². The highest BCUT2D eigenvalue weighted by Gasteiger charge is 2.06. The van der Waals surface area contributed by atoms with Crippen LogP contribution in [0.2, 0.25) is 31.7 Å². The number of hydrogen-bond donors (Lipinski definition) is 4. The van der Waals surface area contributed by atoms with E-state index >= 15 is 0 Å². The maximum absolute atomic E-state index is 8.54. The molecule has 0 fully saturated rings. The van der Waals surface area contributed by atoms with Crippen molar-refractivity contribution in [1.29, 1.82) is 0 Å². The SMILES string of the molecule is C.Cc1nc(Cl)nc(OCCOCCOCCOCCOCCOCCOCCOCCO)n1.Clc1nc(Cl)nc(Cl)n1.OCCOCCO.OCCOCCOCCOCCOCCOCCOCCOCCOc1nc(Cl)nc(Cl)n1. The summed E-state index contributed by atoms with van der Waals surface area (Å²) in [6.07, 6.45) is 0. The van der Waals surface area contributed by atoms with E-state index in [0.717, 1.165) is 0 Å². The average molecular weight is 1320 g/mol. The zero-order chi connectivity index (χ0) is 60.0. The minimum atomic E-state index is -0.0298. The Labute approximate surface area is 514 Å². The number of aliphatic hydroxyl groups is 4. The molecule has 3 aromatic rings. The van der Waals surface area contributed by atoms with E-state index in [4.69, 9.17) is 166 Å². The van der Waals surface area contributed by atoms with Crippen molar-refractivity contribution in [3.8, 4) is 12.0 Å². The van der Waals surface area contributed by atoms with E-state index in [0.29, 0.717) is 211 Å². The van der Waals surface area contributed by atoms with E-state index < -0.39 is 0 Å². The van der Waals surface area contributed by atoms with Gasteiger partial charge in [-0.3, -0.25) is 0 Å². The highest BCUT2D eigenvalue weighted by atomic mass is 35.5. The van der Waals surface area contributed by atoms with Gasteiger partial charge in [-0.2, -0.15) is 39.9 Å². The van der Waals surface area contributed by atoms with Crippen LogP contribution in [0.1, 0.15) is 13.3 Å². The van der Waals surface area contributed by atoms with Gasteiger partial charge in [0.05, 0.1) is 225 Å². The molecule has 3 heterocycles. The van der Waals surface area contributed by atoms with Crippen molar-refractivity contribution < 1.29 is 101 Å². The summed E-state index contributed by atoms with van der Waals surface area (Å²) in [5.74, 6) is 0.498. The van der Waals surface area contributed by atoms with Crippen LogP contribution in [0.3, 0.4) is 0 Å². The second kappa shape index (κ2) is 65.6. The number of aromatic nitrogens is 9. The normalized spacial score (nSPS) is 10.8. The Kier molecular flexibility index (Phi) is 65.3. The van der Waals surface area contributed by atoms with Gasteiger partial charge in [-0.05, 0) is 76.5 Å². The highest BCUT2D eigenvalue weighted by Crippen LogP contribution is 2.12. The molecule has 0 aliphatic carbocycles. The zero-order valence-electron chi connectivity index (χ0n) is 46.0. The van der Waals surface area contributed by atoms with Crippen molar-refractivity contribution in [3.63, 3.8) is 0 Å². The second-order valence-corrected chi connectivity index (χ2v) is 16.5. The average Bonchev–Trinajstić information content (AvgIpc) is 3.43. The van der Waals surface area contributed by atoms with Crippen molar-refractivity contribution in [2.75, 3.05) is 238 Å². The summed E-state index contributed by atoms with van der Waals surface area (Å²) in [6, 6.07) is 0.236. The maximum Gasteiger partial charge on any atom is 0.322 e. The smallest absolute Gasteiger partial charge is 0.322 e. The quantitative estimate of drug-likeness (QED) is 0.0590. The first-order valence-electron chi connectivity index (χ1n) is 25.6. The number of nitrogens with zero attached hydrogens (tertiary/aromatic N) is 9. The van der Waals surface area contributed by atoms with Crippen molar-refractivity contribution >= 4 is 69.6 Å². The molecule has 0 unspecified atom stereocenters. The Morgan fingerprint density at radius 3 is 0.590 bits per heavy atom. The molecule has 0 saturated heterocycles. The number of ether oxygens (including phenoxy) is 17. The summed E-state index contributed by atoms with van der Waals surface area (Å²) >= 11 is 33.0. The lowest BCUT2D eigenvalue weighted by Gasteiger charge is -2.08. The van der Waals surface area contributed by atoms with Gasteiger partial charge >= 0.3 is 12.0 Å². The molecule has 0 bridgehead atoms. The number of halogens is 6. The Hall–Kier alpha value is -2.39. The fraction of sp³-hybridized carbons (Fsp3) is 0.809. The molecule has 0 amide bonds. The molecular weight excluding hydrogens is 1240 g/mol. The lowest BCUT2D eigenvalue weighted by molar-refractivity contribution is -0.0221. The van der Waals surface area contributed by atoms with Gasteiger partial charge in [-0.15, -0.1) is 0 Å². The van der Waals surface area contributed by atoms with Crippen LogP contribution in [0.4, 0.5) is 0 Å². The van der Waals surface area contributed by atoms with E-state index in [1.54, 1.807) is 6.92 Å². The molecule has 0 aliphatic rings. The molecule has 3 rings (SSSR count). The minimum absolute atomic E-state index is 0. The number of aliphatic hydroxyl groups excluding tert-OH is 4. The molecule has 4 N–H and O–H groups in total. The zero-order valence-corrected chi connectivity index (χ0v) is 50.5. The number of aryl methyl sites for hydroxylation is 1. The fourth-order valence-corrected chi connectivity index (χ4v) is 5.91. The van der Waals surface area contributed by atoms with E-state index in [1.165, 1.54) is 0 Å². The van der Waals surface area contributed by atoms with Crippen LogP contribution >= 0.6 is 69.6 Å². The highest BCUT2D eigenvalue weighted by molar-refractivity contribution is 6.33. The van der Waals surface area contributed by atoms with Gasteiger partial charge in [-0.1, -0.05) is 7.43 Å². The molecule has 83 heavy (non-hydrogen) atoms. The molecule has 0 atom stereocenters. The topological polar surface area (TPSA) is 354 Å². The van der Waals surface area contributed by atoms with Crippen LogP contribution in [0, 0.1) is 6.92 Å². The van der Waals surface area contributed by atoms with Crippen LogP contribution < -0.4 is 9.47 Å². The van der Waals surface area contributed by atoms with Gasteiger partial charge in [0, 0.05) is 0 Å². The standard InChI is InChI=1S/C20H36ClN3O9.C19H33Cl2N3O9.C4H10O3.C3Cl3N3.CH4/c1-18-22-19(21)24-20(23-18)33-17-16-32-15-14-31-13-12-30-11-10-29-9-8-28-7-6-27-5-4-26-3-2-25;20-17-22-18(21)24-19(23-17)33-16-15-32-14-13-31-12-11-30-10-9-29-8-7-28-6-5-27-4-3-26-2-1-25;5-1-3-7-4-2-6;4-1-7-2(5)9-3(6)8-1;/h25H,2-17H2,1H3;25H,1-16H2;5-6H,1-4H2;;1H4.